The van der Waals surface area contributed by atoms with Gasteiger partial charge in [-0.15, -0.1) is 0 Å². The predicted molar refractivity (Wildman–Crippen MR) is 36.8 cm³/mol. The Kier molecular flexibility index (Phi) is 28.5. The Morgan fingerprint density at radius 2 is 1.54 bits per heavy atom. The van der Waals surface area contributed by atoms with Gasteiger partial charge in [0.25, 0.3) is 0 Å². The molecule has 0 rings (SSSR count). The van der Waals surface area contributed by atoms with E-state index < -0.39 is 10.4 Å². The largest absolute Gasteiger partial charge is 1.00 e. The molecule has 0 saturated carbocycles. The molecular weight excluding hydrogens is 218 g/mol. The van der Waals surface area contributed by atoms with Crippen LogP contribution in [-0.2, 0) is 15.1 Å². The molecule has 0 spiro atoms. The summed E-state index contributed by atoms with van der Waals surface area (Å²) in [4.78, 5) is 0. The van der Waals surface area contributed by atoms with Gasteiger partial charge in [0.05, 0.1) is 6.26 Å². The molecule has 0 unspecified atom stereocenters. The summed E-state index contributed by atoms with van der Waals surface area (Å²) in [5.74, 6) is 0. The second-order valence-corrected chi connectivity index (χ2v) is 2.01. The molecule has 0 aliphatic carbocycles. The Labute approximate surface area is 122 Å². The van der Waals surface area contributed by atoms with E-state index in [0.717, 1.165) is 0 Å². The van der Waals surface area contributed by atoms with Gasteiger partial charge in [0.1, 0.15) is 6.61 Å². The molecule has 0 atom stereocenters. The molecule has 0 aromatic carbocycles. The van der Waals surface area contributed by atoms with Gasteiger partial charge in [-0.1, -0.05) is 19.2 Å². The van der Waals surface area contributed by atoms with Gasteiger partial charge in [-0.25, -0.2) is 0 Å². The van der Waals surface area contributed by atoms with Crippen LogP contribution in [0.15, 0.2) is 25.5 Å². The Bertz CT molecular complexity index is 185. The summed E-state index contributed by atoms with van der Waals surface area (Å²) in [6.45, 7) is 7.31. The van der Waals surface area contributed by atoms with Crippen molar-refractivity contribution in [2.24, 2.45) is 0 Å². The van der Waals surface area contributed by atoms with Crippen molar-refractivity contribution in [3.8, 4) is 0 Å². The number of hydrogen-bond donors (Lipinski definition) is 0. The second-order valence-electron chi connectivity index (χ2n) is 1.20. The van der Waals surface area contributed by atoms with Gasteiger partial charge >= 0.3 is 59.1 Å². The van der Waals surface area contributed by atoms with Crippen molar-refractivity contribution in [1.29, 1.82) is 0 Å². The summed E-state index contributed by atoms with van der Waals surface area (Å²) in [5, 5.41) is 0. The summed E-state index contributed by atoms with van der Waals surface area (Å²) in [7, 11) is -5.17. The summed E-state index contributed by atoms with van der Waals surface area (Å²) < 4.78 is 38.7. The molecule has 0 amide bonds. The first-order valence-corrected chi connectivity index (χ1v) is 3.75. The Hall–Kier alpha value is 1.15. The van der Waals surface area contributed by atoms with Crippen molar-refractivity contribution < 1.29 is 81.4 Å². The van der Waals surface area contributed by atoms with Gasteiger partial charge in [-0.2, -0.15) is 0 Å². The summed E-state index contributed by atoms with van der Waals surface area (Å²) in [5.41, 5.74) is 0. The number of hydrogen-bond acceptors (Lipinski definition) is 5. The zero-order valence-corrected chi connectivity index (χ0v) is 12.5. The molecule has 0 saturated heterocycles. The minimum atomic E-state index is -5.17. The van der Waals surface area contributed by atoms with Gasteiger partial charge in [-0.05, 0) is 0 Å². The first-order valence-electron chi connectivity index (χ1n) is 2.42. The van der Waals surface area contributed by atoms with E-state index in [0.29, 0.717) is 6.61 Å². The molecule has 66 valence electrons. The zero-order chi connectivity index (χ0) is 9.33. The first kappa shape index (κ1) is 23.8. The van der Waals surface area contributed by atoms with Crippen molar-refractivity contribution in [2.45, 2.75) is 0 Å². The third-order valence-electron chi connectivity index (χ3n) is 0.332. The molecule has 0 N–H and O–H groups in total. The topological polar surface area (TPSA) is 89.5 Å². The van der Waals surface area contributed by atoms with E-state index in [1.54, 1.807) is 6.08 Å². The fourth-order valence-electron chi connectivity index (χ4n) is 0.136. The SMILES string of the molecule is C=CCOC=C.O=S(=O)([O-])[O-].[Na+].[Na+]. The quantitative estimate of drug-likeness (QED) is 0.119. The van der Waals surface area contributed by atoms with E-state index in [1.165, 1.54) is 6.26 Å². The van der Waals surface area contributed by atoms with E-state index >= 15 is 0 Å². The summed E-state index contributed by atoms with van der Waals surface area (Å²) in [6.07, 6.45) is 3.06. The van der Waals surface area contributed by atoms with Crippen LogP contribution in [0.5, 0.6) is 0 Å². The minimum absolute atomic E-state index is 0. The van der Waals surface area contributed by atoms with Crippen molar-refractivity contribution in [2.75, 3.05) is 6.61 Å². The van der Waals surface area contributed by atoms with Crippen molar-refractivity contribution in [1.82, 2.24) is 0 Å². The smallest absolute Gasteiger partial charge is 0.759 e. The Morgan fingerprint density at radius 3 is 1.62 bits per heavy atom. The normalized spacial score (nSPS) is 7.54. The molecule has 0 aromatic rings. The number of ether oxygens (including phenoxy) is 1. The van der Waals surface area contributed by atoms with Crippen molar-refractivity contribution >= 4 is 10.4 Å². The monoisotopic (exact) mass is 226 g/mol. The second kappa shape index (κ2) is 15.6. The molecule has 0 heterocycles. The molecule has 0 radical (unpaired) electrons. The van der Waals surface area contributed by atoms with E-state index in [9.17, 15) is 0 Å². The van der Waals surface area contributed by atoms with Gasteiger partial charge in [-0.3, -0.25) is 8.42 Å². The number of rotatable bonds is 3. The van der Waals surface area contributed by atoms with Crippen LogP contribution < -0.4 is 59.1 Å². The maximum atomic E-state index is 8.52. The molecule has 0 aromatic heterocycles. The van der Waals surface area contributed by atoms with Crippen LogP contribution in [0, 0.1) is 0 Å². The fourth-order valence-corrected chi connectivity index (χ4v) is 0.136. The Morgan fingerprint density at radius 1 is 1.23 bits per heavy atom. The average molecular weight is 226 g/mol. The van der Waals surface area contributed by atoms with Crippen LogP contribution >= 0.6 is 0 Å². The van der Waals surface area contributed by atoms with Crippen LogP contribution in [0.25, 0.3) is 0 Å². The van der Waals surface area contributed by atoms with Crippen LogP contribution in [0.2, 0.25) is 0 Å². The van der Waals surface area contributed by atoms with Crippen LogP contribution in [-0.4, -0.2) is 24.1 Å². The third kappa shape index (κ3) is 94.9. The molecular formula is C5H8Na2O5S. The standard InChI is InChI=1S/C5H8O.2Na.H2O4S/c1-3-5-6-4-2;;;1-5(2,3)4/h3-4H,1-2,5H2;;;(H2,1,2,3,4)/q;2*+1;/p-2. The van der Waals surface area contributed by atoms with E-state index in [2.05, 4.69) is 17.9 Å². The fraction of sp³-hybridized carbons (Fsp3) is 0.200. The molecule has 8 heteroatoms. The molecule has 0 aliphatic heterocycles. The van der Waals surface area contributed by atoms with E-state index in [1.807, 2.05) is 0 Å². The molecule has 13 heavy (non-hydrogen) atoms. The van der Waals surface area contributed by atoms with Gasteiger partial charge in [0.2, 0.25) is 0 Å². The van der Waals surface area contributed by atoms with E-state index in [4.69, 9.17) is 17.5 Å². The van der Waals surface area contributed by atoms with Gasteiger partial charge in [0, 0.05) is 10.4 Å². The van der Waals surface area contributed by atoms with Crippen LogP contribution in [0.4, 0.5) is 0 Å². The van der Waals surface area contributed by atoms with Crippen LogP contribution in [0.1, 0.15) is 0 Å². The summed E-state index contributed by atoms with van der Waals surface area (Å²) in [6, 6.07) is 0. The summed E-state index contributed by atoms with van der Waals surface area (Å²) >= 11 is 0. The average Bonchev–Trinajstić information content (AvgIpc) is 1.79. The van der Waals surface area contributed by atoms with Crippen LogP contribution in [0.3, 0.4) is 0 Å². The molecule has 0 bridgehead atoms. The van der Waals surface area contributed by atoms with Crippen molar-refractivity contribution in [3.05, 3.63) is 25.5 Å². The van der Waals surface area contributed by atoms with E-state index in [-0.39, 0.29) is 59.1 Å². The zero-order valence-electron chi connectivity index (χ0n) is 7.73. The minimum Gasteiger partial charge on any atom is -0.759 e. The maximum absolute atomic E-state index is 8.52. The Balaban J connectivity index is -0.0000000546. The van der Waals surface area contributed by atoms with Gasteiger partial charge in [0.15, 0.2) is 0 Å². The maximum Gasteiger partial charge on any atom is 1.00 e. The first-order chi connectivity index (χ1) is 4.91. The predicted octanol–water partition coefficient (Wildman–Crippen LogP) is -6.00. The molecule has 0 fully saturated rings. The third-order valence-corrected chi connectivity index (χ3v) is 0.332. The molecule has 0 aliphatic rings. The molecule has 5 nitrogen and oxygen atoms in total. The van der Waals surface area contributed by atoms with Gasteiger partial charge < -0.3 is 13.8 Å². The van der Waals surface area contributed by atoms with Crippen molar-refractivity contribution in [3.63, 3.8) is 0 Å².